The summed E-state index contributed by atoms with van der Waals surface area (Å²) in [4.78, 5) is 38.5. The molecule has 2 N–H and O–H groups in total. The molecule has 0 atom stereocenters. The van der Waals surface area contributed by atoms with E-state index in [-0.39, 0.29) is 48.6 Å². The number of methoxy groups -OCH3 is 2. The molecule has 0 bridgehead atoms. The maximum atomic E-state index is 12.1. The van der Waals surface area contributed by atoms with E-state index >= 15 is 0 Å². The zero-order chi connectivity index (χ0) is 23.1. The Morgan fingerprint density at radius 1 is 1.19 bits per heavy atom. The maximum Gasteiger partial charge on any atom is 0.325 e. The van der Waals surface area contributed by atoms with Gasteiger partial charge in [0.2, 0.25) is 5.95 Å². The van der Waals surface area contributed by atoms with E-state index in [0.717, 1.165) is 11.1 Å². The minimum Gasteiger partial charge on any atom is -0.496 e. The van der Waals surface area contributed by atoms with E-state index < -0.39 is 11.9 Å². The number of aryl methyl sites for hydroxylation is 1. The Balaban J connectivity index is 2.56. The first-order valence-electron chi connectivity index (χ1n) is 9.50. The molecule has 2 aromatic rings. The summed E-state index contributed by atoms with van der Waals surface area (Å²) in [7, 11) is 2.85. The average Bonchev–Trinajstić information content (AvgIpc) is 2.71. The summed E-state index contributed by atoms with van der Waals surface area (Å²) in [6, 6.07) is 0. The van der Waals surface area contributed by atoms with E-state index in [0.29, 0.717) is 11.4 Å². The quantitative estimate of drug-likeness (QED) is 0.446. The van der Waals surface area contributed by atoms with E-state index in [1.807, 2.05) is 13.8 Å². The van der Waals surface area contributed by atoms with Gasteiger partial charge in [-0.15, -0.1) is 0 Å². The van der Waals surface area contributed by atoms with Crippen molar-refractivity contribution in [2.75, 3.05) is 38.0 Å². The van der Waals surface area contributed by atoms with Gasteiger partial charge in [0, 0.05) is 22.9 Å². The van der Waals surface area contributed by atoms with E-state index in [1.165, 1.54) is 7.11 Å². The smallest absolute Gasteiger partial charge is 0.325 e. The van der Waals surface area contributed by atoms with Gasteiger partial charge < -0.3 is 24.8 Å². The van der Waals surface area contributed by atoms with Crippen LogP contribution < -0.4 is 15.4 Å². The van der Waals surface area contributed by atoms with Gasteiger partial charge >= 0.3 is 11.9 Å². The molecule has 0 fully saturated rings. The lowest BCUT2D eigenvalue weighted by molar-refractivity contribution is -0.142. The zero-order valence-corrected chi connectivity index (χ0v) is 18.9. The monoisotopic (exact) mass is 451 g/mol. The minimum atomic E-state index is -0.521. The Morgan fingerprint density at radius 2 is 1.90 bits per heavy atom. The second-order valence-corrected chi connectivity index (χ2v) is 6.99. The summed E-state index contributed by atoms with van der Waals surface area (Å²) < 4.78 is 15.3. The fraction of sp³-hybridized carbons (Fsp3) is 0.450. The number of halogens is 1. The van der Waals surface area contributed by atoms with Crippen LogP contribution in [0.25, 0.3) is 0 Å². The van der Waals surface area contributed by atoms with E-state index in [9.17, 15) is 9.59 Å². The highest BCUT2D eigenvalue weighted by Gasteiger charge is 2.25. The Hall–Kier alpha value is -3.14. The zero-order valence-electron chi connectivity index (χ0n) is 18.2. The molecule has 0 spiro atoms. The van der Waals surface area contributed by atoms with E-state index in [2.05, 4.69) is 15.0 Å². The molecule has 0 aromatic carbocycles. The molecular weight excluding hydrogens is 426 g/mol. The molecule has 31 heavy (non-hydrogen) atoms. The number of nitrogen functional groups attached to an aromatic ring is 1. The lowest BCUT2D eigenvalue weighted by Gasteiger charge is -2.26. The van der Waals surface area contributed by atoms with Crippen molar-refractivity contribution in [2.45, 2.75) is 33.7 Å². The van der Waals surface area contributed by atoms with Crippen LogP contribution in [0, 0.1) is 13.8 Å². The summed E-state index contributed by atoms with van der Waals surface area (Å²) in [5.74, 6) is -0.226. The van der Waals surface area contributed by atoms with E-state index in [4.69, 9.17) is 31.5 Å². The second-order valence-electron chi connectivity index (χ2n) is 6.63. The normalized spacial score (nSPS) is 10.5. The van der Waals surface area contributed by atoms with Crippen molar-refractivity contribution in [3.63, 3.8) is 0 Å². The Kier molecular flexibility index (Phi) is 8.38. The summed E-state index contributed by atoms with van der Waals surface area (Å²) in [5.41, 5.74) is 8.41. The highest BCUT2D eigenvalue weighted by Crippen LogP contribution is 2.30. The van der Waals surface area contributed by atoms with E-state index in [1.54, 1.807) is 25.1 Å². The molecule has 168 valence electrons. The van der Waals surface area contributed by atoms with Crippen LogP contribution in [0.1, 0.15) is 29.3 Å². The highest BCUT2D eigenvalue weighted by molar-refractivity contribution is 6.30. The highest BCUT2D eigenvalue weighted by atomic mass is 35.5. The Bertz CT molecular complexity index is 969. The van der Waals surface area contributed by atoms with Crippen LogP contribution in [-0.4, -0.2) is 54.3 Å². The maximum absolute atomic E-state index is 12.1. The van der Waals surface area contributed by atoms with Crippen LogP contribution in [0.15, 0.2) is 6.20 Å². The van der Waals surface area contributed by atoms with Crippen LogP contribution >= 0.6 is 11.6 Å². The van der Waals surface area contributed by atoms with Gasteiger partial charge in [-0.2, -0.15) is 4.98 Å². The van der Waals surface area contributed by atoms with Crippen molar-refractivity contribution in [2.24, 2.45) is 0 Å². The molecule has 0 aliphatic rings. The van der Waals surface area contributed by atoms with Crippen LogP contribution in [0.3, 0.4) is 0 Å². The van der Waals surface area contributed by atoms with Crippen molar-refractivity contribution in [3.05, 3.63) is 33.7 Å². The number of pyridine rings is 1. The van der Waals surface area contributed by atoms with Crippen molar-refractivity contribution in [3.8, 4) is 5.75 Å². The fourth-order valence-electron chi connectivity index (χ4n) is 3.07. The molecule has 0 amide bonds. The molecule has 0 unspecified atom stereocenters. The fourth-order valence-corrected chi connectivity index (χ4v) is 3.31. The van der Waals surface area contributed by atoms with Crippen molar-refractivity contribution in [1.82, 2.24) is 15.0 Å². The van der Waals surface area contributed by atoms with Crippen molar-refractivity contribution < 1.29 is 23.8 Å². The van der Waals surface area contributed by atoms with Crippen LogP contribution in [0.5, 0.6) is 5.75 Å². The van der Waals surface area contributed by atoms with Crippen LogP contribution in [-0.2, 0) is 32.0 Å². The lowest BCUT2D eigenvalue weighted by Crippen LogP contribution is -2.33. The average molecular weight is 452 g/mol. The molecule has 0 aliphatic carbocycles. The number of esters is 2. The van der Waals surface area contributed by atoms with Gasteiger partial charge in [-0.05, 0) is 20.8 Å². The van der Waals surface area contributed by atoms with Gasteiger partial charge in [-0.1, -0.05) is 11.6 Å². The number of carbonyl (C=O) groups excluding carboxylic acids is 2. The minimum absolute atomic E-state index is 0.00316. The molecule has 0 radical (unpaired) electrons. The molecular formula is C20H26ClN5O5. The predicted molar refractivity (Wildman–Crippen MR) is 115 cm³/mol. The van der Waals surface area contributed by atoms with Gasteiger partial charge in [0.15, 0.2) is 0 Å². The first-order valence-corrected chi connectivity index (χ1v) is 9.87. The first kappa shape index (κ1) is 24.1. The lowest BCUT2D eigenvalue weighted by atomic mass is 10.1. The second kappa shape index (κ2) is 10.8. The SMILES string of the molecule is CCOC(=O)Cc1c(Cl)nc(N)nc1N(CC(=O)OC)Cc1ncc(C)c(OC)c1C. The van der Waals surface area contributed by atoms with Gasteiger partial charge in [-0.3, -0.25) is 14.6 Å². The number of nitrogens with two attached hydrogens (primary N) is 1. The molecule has 10 nitrogen and oxygen atoms in total. The summed E-state index contributed by atoms with van der Waals surface area (Å²) in [5, 5.41) is -0.00316. The summed E-state index contributed by atoms with van der Waals surface area (Å²) >= 11 is 6.28. The summed E-state index contributed by atoms with van der Waals surface area (Å²) in [6.45, 7) is 5.63. The van der Waals surface area contributed by atoms with Gasteiger partial charge in [-0.25, -0.2) is 4.98 Å². The standard InChI is InChI=1S/C20H26ClN5O5/c1-6-31-15(27)7-13-18(21)24-20(22)25-19(13)26(10-16(28)29-4)9-14-12(3)17(30-5)11(2)8-23-14/h8H,6-7,9-10H2,1-5H3,(H2,22,24,25). The number of ether oxygens (including phenoxy) is 3. The number of rotatable bonds is 9. The molecule has 2 aromatic heterocycles. The molecule has 2 rings (SSSR count). The third-order valence-electron chi connectivity index (χ3n) is 4.52. The summed E-state index contributed by atoms with van der Waals surface area (Å²) in [6.07, 6.45) is 1.49. The van der Waals surface area contributed by atoms with Gasteiger partial charge in [0.1, 0.15) is 23.3 Å². The van der Waals surface area contributed by atoms with Gasteiger partial charge in [0.05, 0.1) is 39.5 Å². The number of hydrogen-bond donors (Lipinski definition) is 1. The first-order chi connectivity index (χ1) is 14.7. The molecule has 0 aliphatic heterocycles. The Morgan fingerprint density at radius 3 is 2.52 bits per heavy atom. The molecule has 0 saturated carbocycles. The van der Waals surface area contributed by atoms with Crippen LogP contribution in [0.4, 0.5) is 11.8 Å². The predicted octanol–water partition coefficient (Wildman–Crippen LogP) is 2.02. The third-order valence-corrected chi connectivity index (χ3v) is 4.83. The number of nitrogens with zero attached hydrogens (tertiary/aromatic N) is 4. The number of carbonyl (C=O) groups is 2. The number of aromatic nitrogens is 3. The number of hydrogen-bond acceptors (Lipinski definition) is 10. The van der Waals surface area contributed by atoms with Crippen molar-refractivity contribution in [1.29, 1.82) is 0 Å². The largest absolute Gasteiger partial charge is 0.496 e. The number of anilines is 2. The van der Waals surface area contributed by atoms with Gasteiger partial charge in [0.25, 0.3) is 0 Å². The van der Waals surface area contributed by atoms with Crippen LogP contribution in [0.2, 0.25) is 5.15 Å². The topological polar surface area (TPSA) is 130 Å². The third kappa shape index (κ3) is 5.94. The molecule has 2 heterocycles. The molecule has 0 saturated heterocycles. The molecule has 11 heteroatoms. The Labute approximate surface area is 185 Å². The van der Waals surface area contributed by atoms with Crippen molar-refractivity contribution >= 4 is 35.3 Å².